The Morgan fingerprint density at radius 3 is 2.83 bits per heavy atom. The fraction of sp³-hybridized carbons (Fsp3) is 0.692. The summed E-state index contributed by atoms with van der Waals surface area (Å²) in [6, 6.07) is 0. The summed E-state index contributed by atoms with van der Waals surface area (Å²) in [4.78, 5) is 16.1. The Labute approximate surface area is 113 Å². The Kier molecular flexibility index (Phi) is 5.75. The number of hydrogen-bond acceptors (Lipinski definition) is 4. The van der Waals surface area contributed by atoms with Crippen LogP contribution in [-0.2, 0) is 11.2 Å². The van der Waals surface area contributed by atoms with Gasteiger partial charge in [0.05, 0.1) is 11.2 Å². The summed E-state index contributed by atoms with van der Waals surface area (Å²) in [5.41, 5.74) is 8.24. The van der Waals surface area contributed by atoms with Gasteiger partial charge in [-0.3, -0.25) is 4.79 Å². The Balaban J connectivity index is 2.42. The molecule has 5 heteroatoms. The molecule has 1 atom stereocenters. The number of rotatable bonds is 7. The first-order valence-electron chi connectivity index (χ1n) is 6.33. The normalized spacial score (nSPS) is 14.5. The summed E-state index contributed by atoms with van der Waals surface area (Å²) in [7, 11) is 0. The molecule has 0 bridgehead atoms. The van der Waals surface area contributed by atoms with Crippen molar-refractivity contribution in [2.75, 3.05) is 6.54 Å². The molecule has 1 heterocycles. The number of amides is 1. The molecule has 1 aromatic heterocycles. The van der Waals surface area contributed by atoms with Crippen LogP contribution in [0.1, 0.15) is 39.3 Å². The number of hydrogen-bond donors (Lipinski definition) is 2. The largest absolute Gasteiger partial charge is 0.350 e. The summed E-state index contributed by atoms with van der Waals surface area (Å²) in [6.07, 6.45) is 2.06. The minimum Gasteiger partial charge on any atom is -0.350 e. The fourth-order valence-corrected chi connectivity index (χ4v) is 2.68. The minimum atomic E-state index is -0.298. The molecule has 0 aliphatic carbocycles. The molecule has 1 aromatic rings. The lowest BCUT2D eigenvalue weighted by Crippen LogP contribution is -2.52. The second kappa shape index (κ2) is 6.85. The van der Waals surface area contributed by atoms with Crippen molar-refractivity contribution in [1.29, 1.82) is 0 Å². The molecule has 102 valence electrons. The monoisotopic (exact) mass is 269 g/mol. The van der Waals surface area contributed by atoms with Gasteiger partial charge < -0.3 is 11.1 Å². The van der Waals surface area contributed by atoms with Crippen molar-refractivity contribution in [2.24, 2.45) is 11.7 Å². The zero-order chi connectivity index (χ0) is 13.6. The van der Waals surface area contributed by atoms with Gasteiger partial charge in [0.1, 0.15) is 0 Å². The zero-order valence-electron chi connectivity index (χ0n) is 11.4. The quantitative estimate of drug-likeness (QED) is 0.795. The molecule has 0 saturated carbocycles. The summed E-state index contributed by atoms with van der Waals surface area (Å²) in [5, 5.41) is 5.02. The molecule has 0 aliphatic rings. The molecule has 0 spiro atoms. The molecule has 0 saturated heterocycles. The van der Waals surface area contributed by atoms with Crippen molar-refractivity contribution in [3.05, 3.63) is 16.6 Å². The number of nitrogens with zero attached hydrogens (tertiary/aromatic N) is 1. The standard InChI is InChI=1S/C13H23N3OS/c1-10(2)6-13(3,8-14)16-12(17)5-4-11-7-18-9-15-11/h7,9-10H,4-6,8,14H2,1-3H3,(H,16,17). The van der Waals surface area contributed by atoms with Gasteiger partial charge in [-0.05, 0) is 25.7 Å². The number of carbonyl (C=O) groups excluding carboxylic acids is 1. The van der Waals surface area contributed by atoms with Gasteiger partial charge in [-0.1, -0.05) is 13.8 Å². The Morgan fingerprint density at radius 1 is 1.61 bits per heavy atom. The molecule has 0 aliphatic heterocycles. The van der Waals surface area contributed by atoms with E-state index >= 15 is 0 Å². The third-order valence-electron chi connectivity index (χ3n) is 2.84. The van der Waals surface area contributed by atoms with Gasteiger partial charge in [0, 0.05) is 23.9 Å². The van der Waals surface area contributed by atoms with Crippen molar-refractivity contribution in [3.8, 4) is 0 Å². The predicted molar refractivity (Wildman–Crippen MR) is 75.5 cm³/mol. The van der Waals surface area contributed by atoms with E-state index in [1.807, 2.05) is 12.3 Å². The summed E-state index contributed by atoms with van der Waals surface area (Å²) >= 11 is 1.55. The Hall–Kier alpha value is -0.940. The molecule has 18 heavy (non-hydrogen) atoms. The van der Waals surface area contributed by atoms with E-state index in [4.69, 9.17) is 5.73 Å². The first-order chi connectivity index (χ1) is 8.45. The van der Waals surface area contributed by atoms with E-state index in [2.05, 4.69) is 24.1 Å². The van der Waals surface area contributed by atoms with E-state index in [1.165, 1.54) is 0 Å². The average molecular weight is 269 g/mol. The molecule has 1 rings (SSSR count). The Bertz CT molecular complexity index is 364. The van der Waals surface area contributed by atoms with Gasteiger partial charge in [0.25, 0.3) is 0 Å². The lowest BCUT2D eigenvalue weighted by molar-refractivity contribution is -0.122. The van der Waals surface area contributed by atoms with Crippen molar-refractivity contribution in [3.63, 3.8) is 0 Å². The number of aromatic nitrogens is 1. The molecule has 0 fully saturated rings. The van der Waals surface area contributed by atoms with Crippen LogP contribution >= 0.6 is 11.3 Å². The number of carbonyl (C=O) groups is 1. The van der Waals surface area contributed by atoms with Gasteiger partial charge >= 0.3 is 0 Å². The van der Waals surface area contributed by atoms with Crippen molar-refractivity contribution in [1.82, 2.24) is 10.3 Å². The van der Waals surface area contributed by atoms with Crippen LogP contribution < -0.4 is 11.1 Å². The van der Waals surface area contributed by atoms with Crippen molar-refractivity contribution in [2.45, 2.75) is 45.6 Å². The smallest absolute Gasteiger partial charge is 0.220 e. The third-order valence-corrected chi connectivity index (χ3v) is 3.48. The molecule has 1 amide bonds. The zero-order valence-corrected chi connectivity index (χ0v) is 12.2. The van der Waals surface area contributed by atoms with Gasteiger partial charge in [-0.2, -0.15) is 0 Å². The lowest BCUT2D eigenvalue weighted by atomic mass is 9.90. The molecule has 3 N–H and O–H groups in total. The molecular weight excluding hydrogens is 246 g/mol. The maximum absolute atomic E-state index is 11.9. The maximum Gasteiger partial charge on any atom is 0.220 e. The third kappa shape index (κ3) is 5.14. The van der Waals surface area contributed by atoms with Gasteiger partial charge in [-0.15, -0.1) is 11.3 Å². The highest BCUT2D eigenvalue weighted by Crippen LogP contribution is 2.15. The van der Waals surface area contributed by atoms with Crippen LogP contribution in [0.2, 0.25) is 0 Å². The van der Waals surface area contributed by atoms with E-state index < -0.39 is 0 Å². The topological polar surface area (TPSA) is 68.0 Å². The molecule has 0 radical (unpaired) electrons. The molecular formula is C13H23N3OS. The first-order valence-corrected chi connectivity index (χ1v) is 7.27. The van der Waals surface area contributed by atoms with E-state index in [0.29, 0.717) is 25.3 Å². The molecule has 0 aromatic carbocycles. The van der Waals surface area contributed by atoms with Gasteiger partial charge in [0.2, 0.25) is 5.91 Å². The van der Waals surface area contributed by atoms with Crippen LogP contribution in [0.5, 0.6) is 0 Å². The summed E-state index contributed by atoms with van der Waals surface area (Å²) < 4.78 is 0. The molecule has 4 nitrogen and oxygen atoms in total. The van der Waals surface area contributed by atoms with Crippen LogP contribution in [0, 0.1) is 5.92 Å². The second-order valence-corrected chi connectivity index (χ2v) is 6.11. The van der Waals surface area contributed by atoms with Crippen LogP contribution in [-0.4, -0.2) is 23.0 Å². The first kappa shape index (κ1) is 15.1. The van der Waals surface area contributed by atoms with Crippen molar-refractivity contribution < 1.29 is 4.79 Å². The number of nitrogens with one attached hydrogen (secondary N) is 1. The minimum absolute atomic E-state index is 0.0524. The summed E-state index contributed by atoms with van der Waals surface area (Å²) in [6.45, 7) is 6.74. The van der Waals surface area contributed by atoms with Crippen LogP contribution in [0.3, 0.4) is 0 Å². The highest BCUT2D eigenvalue weighted by atomic mass is 32.1. The SMILES string of the molecule is CC(C)CC(C)(CN)NC(=O)CCc1cscn1. The van der Waals surface area contributed by atoms with Gasteiger partial charge in [0.15, 0.2) is 0 Å². The van der Waals surface area contributed by atoms with Crippen LogP contribution in [0.25, 0.3) is 0 Å². The lowest BCUT2D eigenvalue weighted by Gasteiger charge is -2.31. The second-order valence-electron chi connectivity index (χ2n) is 5.39. The van der Waals surface area contributed by atoms with E-state index in [1.54, 1.807) is 16.8 Å². The number of thiazole rings is 1. The van der Waals surface area contributed by atoms with E-state index in [-0.39, 0.29) is 11.4 Å². The highest BCUT2D eigenvalue weighted by Gasteiger charge is 2.25. The van der Waals surface area contributed by atoms with E-state index in [9.17, 15) is 4.79 Å². The fourth-order valence-electron chi connectivity index (χ4n) is 2.09. The Morgan fingerprint density at radius 2 is 2.33 bits per heavy atom. The summed E-state index contributed by atoms with van der Waals surface area (Å²) in [5.74, 6) is 0.564. The van der Waals surface area contributed by atoms with Crippen LogP contribution in [0.4, 0.5) is 0 Å². The maximum atomic E-state index is 11.9. The highest BCUT2D eigenvalue weighted by molar-refractivity contribution is 7.07. The van der Waals surface area contributed by atoms with Gasteiger partial charge in [-0.25, -0.2) is 4.98 Å². The molecule has 1 unspecified atom stereocenters. The van der Waals surface area contributed by atoms with E-state index in [0.717, 1.165) is 12.1 Å². The average Bonchev–Trinajstić information content (AvgIpc) is 2.78. The predicted octanol–water partition coefficient (Wildman–Crippen LogP) is 1.96. The van der Waals surface area contributed by atoms with Crippen molar-refractivity contribution >= 4 is 17.2 Å². The number of aryl methyl sites for hydroxylation is 1. The van der Waals surface area contributed by atoms with Crippen LogP contribution in [0.15, 0.2) is 10.9 Å². The number of nitrogens with two attached hydrogens (primary N) is 1.